The first-order chi connectivity index (χ1) is 31.5. The van der Waals surface area contributed by atoms with Crippen molar-refractivity contribution in [1.82, 2.24) is 0 Å². The van der Waals surface area contributed by atoms with E-state index in [1.807, 2.05) is 0 Å². The molecule has 6 heteroatoms. The number of unbranched alkanes of at least 4 members (excludes halogenated alkanes) is 34. The van der Waals surface area contributed by atoms with Crippen LogP contribution in [0.15, 0.2) is 36.5 Å². The fraction of sp³-hybridized carbons (Fsp3) is 0.845. The van der Waals surface area contributed by atoms with E-state index in [-0.39, 0.29) is 31.1 Å². The van der Waals surface area contributed by atoms with E-state index in [9.17, 15) is 14.4 Å². The first-order valence-electron chi connectivity index (χ1n) is 28.0. The molecule has 0 aliphatic heterocycles. The maximum atomic E-state index is 12.8. The highest BCUT2D eigenvalue weighted by molar-refractivity contribution is 5.71. The van der Waals surface area contributed by atoms with Crippen LogP contribution < -0.4 is 0 Å². The third kappa shape index (κ3) is 50.6. The Morgan fingerprint density at radius 2 is 0.609 bits per heavy atom. The number of hydrogen-bond donors (Lipinski definition) is 0. The van der Waals surface area contributed by atoms with Crippen LogP contribution in [-0.4, -0.2) is 37.2 Å². The van der Waals surface area contributed by atoms with Crippen LogP contribution in [0.1, 0.15) is 297 Å². The van der Waals surface area contributed by atoms with Gasteiger partial charge in [-0.1, -0.05) is 263 Å². The van der Waals surface area contributed by atoms with Gasteiger partial charge >= 0.3 is 17.9 Å². The molecular weight excluding hydrogens is 793 g/mol. The van der Waals surface area contributed by atoms with Gasteiger partial charge in [-0.25, -0.2) is 0 Å². The molecule has 0 radical (unpaired) electrons. The molecule has 0 heterocycles. The molecule has 6 nitrogen and oxygen atoms in total. The smallest absolute Gasteiger partial charge is 0.306 e. The molecule has 0 bridgehead atoms. The monoisotopic (exact) mass is 899 g/mol. The van der Waals surface area contributed by atoms with Gasteiger partial charge in [-0.3, -0.25) is 14.4 Å². The number of esters is 3. The van der Waals surface area contributed by atoms with Gasteiger partial charge < -0.3 is 14.2 Å². The van der Waals surface area contributed by atoms with Crippen molar-refractivity contribution in [2.45, 2.75) is 303 Å². The van der Waals surface area contributed by atoms with Gasteiger partial charge in [0.15, 0.2) is 6.10 Å². The lowest BCUT2D eigenvalue weighted by Gasteiger charge is -2.18. The minimum Gasteiger partial charge on any atom is -0.462 e. The summed E-state index contributed by atoms with van der Waals surface area (Å²) in [6.07, 6.45) is 62.7. The number of hydrogen-bond acceptors (Lipinski definition) is 6. The molecule has 0 aliphatic carbocycles. The summed E-state index contributed by atoms with van der Waals surface area (Å²) in [6.45, 7) is 6.56. The first kappa shape index (κ1) is 61.6. The van der Waals surface area contributed by atoms with E-state index in [0.717, 1.165) is 83.5 Å². The number of rotatable bonds is 51. The van der Waals surface area contributed by atoms with E-state index >= 15 is 0 Å². The van der Waals surface area contributed by atoms with Gasteiger partial charge in [0.25, 0.3) is 0 Å². The molecule has 0 saturated carbocycles. The molecule has 0 aromatic carbocycles. The fourth-order valence-electron chi connectivity index (χ4n) is 8.22. The zero-order valence-corrected chi connectivity index (χ0v) is 42.8. The second-order valence-corrected chi connectivity index (χ2v) is 18.8. The zero-order chi connectivity index (χ0) is 46.5. The van der Waals surface area contributed by atoms with Crippen molar-refractivity contribution >= 4 is 17.9 Å². The topological polar surface area (TPSA) is 78.9 Å². The Balaban J connectivity index is 4.34. The average Bonchev–Trinajstić information content (AvgIpc) is 3.29. The van der Waals surface area contributed by atoms with Crippen LogP contribution in [0.25, 0.3) is 0 Å². The molecule has 0 amide bonds. The van der Waals surface area contributed by atoms with E-state index in [2.05, 4.69) is 57.2 Å². The number of ether oxygens (including phenoxy) is 3. The standard InChI is InChI=1S/C58H106O6/c1-4-7-10-13-16-19-22-25-27-29-31-33-36-39-42-45-48-51-57(60)63-54-55(53-62-56(59)50-47-44-41-38-35-32-24-21-18-15-12-9-6-3)64-58(61)52-49-46-43-40-37-34-30-28-26-23-20-17-14-11-8-5-2/h7,10,16,19,25,27,55H,4-6,8-9,11-15,17-18,20-24,26,28-54H2,1-3H3/b10-7-,19-16-,27-25-. The molecular formula is C58H106O6. The molecule has 374 valence electrons. The van der Waals surface area contributed by atoms with E-state index in [0.29, 0.717) is 19.3 Å². The molecule has 0 fully saturated rings. The lowest BCUT2D eigenvalue weighted by molar-refractivity contribution is -0.167. The Kier molecular flexibility index (Phi) is 51.3. The van der Waals surface area contributed by atoms with Gasteiger partial charge in [0.1, 0.15) is 13.2 Å². The summed E-state index contributed by atoms with van der Waals surface area (Å²) in [6, 6.07) is 0. The molecule has 0 N–H and O–H groups in total. The SMILES string of the molecule is CC/C=C\C/C=C\C/C=C\CCCCCCCCCC(=O)OCC(COC(=O)CCCCCCCCCCCCCCC)OC(=O)CCCCCCCCCCCCCCCCCC. The lowest BCUT2D eigenvalue weighted by Crippen LogP contribution is -2.30. The predicted octanol–water partition coefficient (Wildman–Crippen LogP) is 18.5. The minimum atomic E-state index is -0.771. The second-order valence-electron chi connectivity index (χ2n) is 18.8. The largest absolute Gasteiger partial charge is 0.462 e. The molecule has 0 aliphatic rings. The Bertz CT molecular complexity index is 1080. The second kappa shape index (κ2) is 53.2. The highest BCUT2D eigenvalue weighted by Gasteiger charge is 2.19. The van der Waals surface area contributed by atoms with Crippen LogP contribution in [-0.2, 0) is 28.6 Å². The first-order valence-corrected chi connectivity index (χ1v) is 28.0. The van der Waals surface area contributed by atoms with Crippen LogP contribution in [0.4, 0.5) is 0 Å². The van der Waals surface area contributed by atoms with Gasteiger partial charge in [0, 0.05) is 19.3 Å². The summed E-state index contributed by atoms with van der Waals surface area (Å²) in [5.74, 6) is -0.863. The molecule has 0 saturated heterocycles. The zero-order valence-electron chi connectivity index (χ0n) is 42.8. The summed E-state index contributed by atoms with van der Waals surface area (Å²) in [7, 11) is 0. The van der Waals surface area contributed by atoms with E-state index < -0.39 is 6.10 Å². The van der Waals surface area contributed by atoms with Gasteiger partial charge in [-0.05, 0) is 51.4 Å². The molecule has 64 heavy (non-hydrogen) atoms. The normalized spacial score (nSPS) is 12.2. The number of carbonyl (C=O) groups excluding carboxylic acids is 3. The van der Waals surface area contributed by atoms with Crippen molar-refractivity contribution in [3.63, 3.8) is 0 Å². The minimum absolute atomic E-state index is 0.0704. The van der Waals surface area contributed by atoms with Crippen LogP contribution in [0.3, 0.4) is 0 Å². The van der Waals surface area contributed by atoms with Crippen molar-refractivity contribution in [2.75, 3.05) is 13.2 Å². The lowest BCUT2D eigenvalue weighted by atomic mass is 10.0. The predicted molar refractivity (Wildman–Crippen MR) is 275 cm³/mol. The summed E-state index contributed by atoms with van der Waals surface area (Å²) in [4.78, 5) is 38.1. The fourth-order valence-corrected chi connectivity index (χ4v) is 8.22. The maximum Gasteiger partial charge on any atom is 0.306 e. The Hall–Kier alpha value is -2.37. The molecule has 0 aromatic rings. The Morgan fingerprint density at radius 3 is 0.953 bits per heavy atom. The Morgan fingerprint density at radius 1 is 0.328 bits per heavy atom. The van der Waals surface area contributed by atoms with Crippen LogP contribution in [0.5, 0.6) is 0 Å². The van der Waals surface area contributed by atoms with E-state index in [4.69, 9.17) is 14.2 Å². The highest BCUT2D eigenvalue weighted by Crippen LogP contribution is 2.17. The van der Waals surface area contributed by atoms with E-state index in [1.54, 1.807) is 0 Å². The molecule has 0 aromatic heterocycles. The van der Waals surface area contributed by atoms with Gasteiger partial charge in [0.05, 0.1) is 0 Å². The molecule has 1 unspecified atom stereocenters. The highest BCUT2D eigenvalue weighted by atomic mass is 16.6. The van der Waals surface area contributed by atoms with Crippen LogP contribution in [0, 0.1) is 0 Å². The van der Waals surface area contributed by atoms with Crippen molar-refractivity contribution in [3.05, 3.63) is 36.5 Å². The van der Waals surface area contributed by atoms with Crippen LogP contribution in [0.2, 0.25) is 0 Å². The summed E-state index contributed by atoms with van der Waals surface area (Å²) in [5.41, 5.74) is 0. The quantitative estimate of drug-likeness (QED) is 0.0262. The number of carbonyl (C=O) groups is 3. The summed E-state index contributed by atoms with van der Waals surface area (Å²) >= 11 is 0. The third-order valence-electron chi connectivity index (χ3n) is 12.4. The van der Waals surface area contributed by atoms with E-state index in [1.165, 1.54) is 173 Å². The van der Waals surface area contributed by atoms with Crippen molar-refractivity contribution < 1.29 is 28.6 Å². The van der Waals surface area contributed by atoms with Gasteiger partial charge in [0.2, 0.25) is 0 Å². The Labute approximate surface area is 397 Å². The molecule has 0 spiro atoms. The van der Waals surface area contributed by atoms with Crippen molar-refractivity contribution in [1.29, 1.82) is 0 Å². The van der Waals surface area contributed by atoms with Crippen molar-refractivity contribution in [2.24, 2.45) is 0 Å². The van der Waals surface area contributed by atoms with Crippen LogP contribution >= 0.6 is 0 Å². The van der Waals surface area contributed by atoms with Crippen molar-refractivity contribution in [3.8, 4) is 0 Å². The molecule has 1 atom stereocenters. The summed E-state index contributed by atoms with van der Waals surface area (Å²) < 4.78 is 16.9. The molecule has 0 rings (SSSR count). The average molecular weight is 899 g/mol. The van der Waals surface area contributed by atoms with Gasteiger partial charge in [-0.15, -0.1) is 0 Å². The third-order valence-corrected chi connectivity index (χ3v) is 12.4. The van der Waals surface area contributed by atoms with Gasteiger partial charge in [-0.2, -0.15) is 0 Å². The number of allylic oxidation sites excluding steroid dienone is 6. The summed E-state index contributed by atoms with van der Waals surface area (Å²) in [5, 5.41) is 0. The maximum absolute atomic E-state index is 12.8.